The van der Waals surface area contributed by atoms with Crippen molar-refractivity contribution in [2.45, 2.75) is 26.4 Å². The van der Waals surface area contributed by atoms with Gasteiger partial charge in [-0.2, -0.15) is 0 Å². The van der Waals surface area contributed by atoms with Crippen molar-refractivity contribution in [1.29, 1.82) is 0 Å². The zero-order chi connectivity index (χ0) is 23.6. The quantitative estimate of drug-likeness (QED) is 0.632. The second-order valence-electron chi connectivity index (χ2n) is 9.05. The first-order valence-corrected chi connectivity index (χ1v) is 11.1. The number of nitrogens with zero attached hydrogens (tertiary/aromatic N) is 4. The number of fused-ring (bicyclic) bond motifs is 1. The van der Waals surface area contributed by atoms with Crippen molar-refractivity contribution in [2.24, 2.45) is 0 Å². The number of benzene rings is 2. The van der Waals surface area contributed by atoms with E-state index in [1.165, 1.54) is 0 Å². The highest BCUT2D eigenvalue weighted by Gasteiger charge is 2.27. The number of rotatable bonds is 4. The van der Waals surface area contributed by atoms with Gasteiger partial charge in [-0.1, -0.05) is 6.07 Å². The predicted octanol–water partition coefficient (Wildman–Crippen LogP) is 4.40. The molecule has 1 aliphatic heterocycles. The van der Waals surface area contributed by atoms with Crippen LogP contribution in [0.1, 0.15) is 20.8 Å². The molecule has 0 bridgehead atoms. The molecule has 1 fully saturated rings. The molecule has 3 aromatic rings. The SMILES string of the molecule is CNc1nccc(-c2cc(N3CCN(C(=O)OC(C)(C)C)CC3)c3cc(OC)ccc3c2)n1. The Labute approximate surface area is 194 Å². The Morgan fingerprint density at radius 3 is 2.48 bits per heavy atom. The molecule has 1 N–H and O–H groups in total. The first-order valence-electron chi connectivity index (χ1n) is 11.1. The van der Waals surface area contributed by atoms with Crippen LogP contribution in [-0.4, -0.2) is 66.9 Å². The molecule has 1 aromatic heterocycles. The normalized spacial score (nSPS) is 14.3. The van der Waals surface area contributed by atoms with Gasteiger partial charge >= 0.3 is 6.09 Å². The number of aromatic nitrogens is 2. The number of carbonyl (C=O) groups is 1. The lowest BCUT2D eigenvalue weighted by Crippen LogP contribution is -2.50. The van der Waals surface area contributed by atoms with Crippen LogP contribution in [0, 0.1) is 0 Å². The monoisotopic (exact) mass is 449 g/mol. The number of hydrogen-bond donors (Lipinski definition) is 1. The van der Waals surface area contributed by atoms with Gasteiger partial charge in [0, 0.05) is 56.1 Å². The van der Waals surface area contributed by atoms with E-state index in [2.05, 4.69) is 44.5 Å². The summed E-state index contributed by atoms with van der Waals surface area (Å²) in [6.07, 6.45) is 1.49. The van der Waals surface area contributed by atoms with Gasteiger partial charge in [0.1, 0.15) is 11.4 Å². The first kappa shape index (κ1) is 22.6. The van der Waals surface area contributed by atoms with Crippen LogP contribution in [0.25, 0.3) is 22.0 Å². The Balaban J connectivity index is 1.68. The van der Waals surface area contributed by atoms with Crippen molar-refractivity contribution in [2.75, 3.05) is 50.6 Å². The fraction of sp³-hybridized carbons (Fsp3) is 0.400. The molecule has 4 rings (SSSR count). The van der Waals surface area contributed by atoms with Crippen molar-refractivity contribution in [3.8, 4) is 17.0 Å². The minimum Gasteiger partial charge on any atom is -0.497 e. The van der Waals surface area contributed by atoms with Crippen LogP contribution in [0.2, 0.25) is 0 Å². The van der Waals surface area contributed by atoms with Crippen LogP contribution < -0.4 is 15.0 Å². The summed E-state index contributed by atoms with van der Waals surface area (Å²) >= 11 is 0. The van der Waals surface area contributed by atoms with E-state index in [4.69, 9.17) is 9.47 Å². The van der Waals surface area contributed by atoms with Crippen molar-refractivity contribution < 1.29 is 14.3 Å². The molecule has 8 nitrogen and oxygen atoms in total. The number of methoxy groups -OCH3 is 1. The maximum Gasteiger partial charge on any atom is 0.410 e. The Morgan fingerprint density at radius 1 is 1.06 bits per heavy atom. The third-order valence-corrected chi connectivity index (χ3v) is 5.59. The molecule has 0 saturated carbocycles. The summed E-state index contributed by atoms with van der Waals surface area (Å²) < 4.78 is 11.0. The Bertz CT molecular complexity index is 1150. The van der Waals surface area contributed by atoms with Gasteiger partial charge in [-0.05, 0) is 56.5 Å². The average molecular weight is 450 g/mol. The molecule has 0 radical (unpaired) electrons. The van der Waals surface area contributed by atoms with Gasteiger partial charge in [-0.25, -0.2) is 14.8 Å². The van der Waals surface area contributed by atoms with E-state index in [1.54, 1.807) is 25.3 Å². The summed E-state index contributed by atoms with van der Waals surface area (Å²) in [6, 6.07) is 12.3. The van der Waals surface area contributed by atoms with Gasteiger partial charge in [-0.15, -0.1) is 0 Å². The average Bonchev–Trinajstić information content (AvgIpc) is 2.82. The van der Waals surface area contributed by atoms with Gasteiger partial charge in [0.25, 0.3) is 0 Å². The Hall–Kier alpha value is -3.55. The summed E-state index contributed by atoms with van der Waals surface area (Å²) in [5.41, 5.74) is 2.45. The largest absolute Gasteiger partial charge is 0.497 e. The number of nitrogens with one attached hydrogen (secondary N) is 1. The lowest BCUT2D eigenvalue weighted by Gasteiger charge is -2.37. The van der Waals surface area contributed by atoms with Crippen molar-refractivity contribution in [3.63, 3.8) is 0 Å². The fourth-order valence-corrected chi connectivity index (χ4v) is 3.95. The standard InChI is InChI=1S/C25H31N5O3/c1-25(2,3)33-24(31)30-12-10-29(11-13-30)22-15-18(21-8-9-27-23(26-4)28-21)14-17-6-7-19(32-5)16-20(17)22/h6-9,14-16H,10-13H2,1-5H3,(H,26,27,28). The van der Waals surface area contributed by atoms with Crippen molar-refractivity contribution in [3.05, 3.63) is 42.6 Å². The van der Waals surface area contributed by atoms with Gasteiger partial charge in [0.05, 0.1) is 12.8 Å². The zero-order valence-corrected chi connectivity index (χ0v) is 19.9. The Morgan fingerprint density at radius 2 is 1.82 bits per heavy atom. The van der Waals surface area contributed by atoms with E-state index in [9.17, 15) is 4.79 Å². The molecule has 0 unspecified atom stereocenters. The van der Waals surface area contributed by atoms with Crippen LogP contribution in [0.3, 0.4) is 0 Å². The maximum atomic E-state index is 12.5. The zero-order valence-electron chi connectivity index (χ0n) is 19.9. The van der Waals surface area contributed by atoms with Crippen LogP contribution in [0.15, 0.2) is 42.6 Å². The first-order chi connectivity index (χ1) is 15.8. The molecular formula is C25H31N5O3. The van der Waals surface area contributed by atoms with Crippen molar-refractivity contribution >= 4 is 28.5 Å². The molecule has 1 aliphatic rings. The molecule has 33 heavy (non-hydrogen) atoms. The number of anilines is 2. The van der Waals surface area contributed by atoms with Gasteiger partial charge < -0.3 is 24.6 Å². The molecule has 0 aliphatic carbocycles. The summed E-state index contributed by atoms with van der Waals surface area (Å²) in [6.45, 7) is 8.28. The number of amides is 1. The molecule has 0 spiro atoms. The number of piperazine rings is 1. The Kier molecular flexibility index (Phi) is 6.26. The number of carbonyl (C=O) groups excluding carboxylic acids is 1. The van der Waals surface area contributed by atoms with Gasteiger partial charge in [0.2, 0.25) is 5.95 Å². The second kappa shape index (κ2) is 9.13. The molecule has 8 heteroatoms. The smallest absolute Gasteiger partial charge is 0.410 e. The lowest BCUT2D eigenvalue weighted by molar-refractivity contribution is 0.0240. The van der Waals surface area contributed by atoms with Crippen LogP contribution in [-0.2, 0) is 4.74 Å². The van der Waals surface area contributed by atoms with Gasteiger partial charge in [0.15, 0.2) is 0 Å². The van der Waals surface area contributed by atoms with E-state index >= 15 is 0 Å². The molecular weight excluding hydrogens is 418 g/mol. The number of hydrogen-bond acceptors (Lipinski definition) is 7. The molecule has 0 atom stereocenters. The maximum absolute atomic E-state index is 12.5. The molecule has 1 saturated heterocycles. The molecule has 174 valence electrons. The summed E-state index contributed by atoms with van der Waals surface area (Å²) in [5, 5.41) is 5.20. The van der Waals surface area contributed by atoms with Crippen LogP contribution in [0.4, 0.5) is 16.4 Å². The second-order valence-corrected chi connectivity index (χ2v) is 9.05. The lowest BCUT2D eigenvalue weighted by atomic mass is 10.0. The van der Waals surface area contributed by atoms with Crippen molar-refractivity contribution in [1.82, 2.24) is 14.9 Å². The highest BCUT2D eigenvalue weighted by molar-refractivity contribution is 5.99. The third-order valence-electron chi connectivity index (χ3n) is 5.59. The highest BCUT2D eigenvalue weighted by atomic mass is 16.6. The molecule has 1 amide bonds. The van der Waals surface area contributed by atoms with E-state index < -0.39 is 5.60 Å². The number of ether oxygens (including phenoxy) is 2. The molecule has 2 aromatic carbocycles. The minimum absolute atomic E-state index is 0.261. The van der Waals surface area contributed by atoms with E-state index in [0.29, 0.717) is 32.1 Å². The topological polar surface area (TPSA) is 79.8 Å². The van der Waals surface area contributed by atoms with Crippen LogP contribution >= 0.6 is 0 Å². The fourth-order valence-electron chi connectivity index (χ4n) is 3.95. The van der Waals surface area contributed by atoms with E-state index in [1.807, 2.05) is 32.9 Å². The summed E-state index contributed by atoms with van der Waals surface area (Å²) in [7, 11) is 3.48. The molecule has 2 heterocycles. The summed E-state index contributed by atoms with van der Waals surface area (Å²) in [4.78, 5) is 25.4. The van der Waals surface area contributed by atoms with E-state index in [-0.39, 0.29) is 6.09 Å². The van der Waals surface area contributed by atoms with E-state index in [0.717, 1.165) is 33.5 Å². The van der Waals surface area contributed by atoms with Crippen LogP contribution in [0.5, 0.6) is 5.75 Å². The minimum atomic E-state index is -0.501. The third kappa shape index (κ3) is 5.10. The highest BCUT2D eigenvalue weighted by Crippen LogP contribution is 2.35. The summed E-state index contributed by atoms with van der Waals surface area (Å²) in [5.74, 6) is 1.39. The predicted molar refractivity (Wildman–Crippen MR) is 131 cm³/mol. The van der Waals surface area contributed by atoms with Gasteiger partial charge in [-0.3, -0.25) is 0 Å².